The Labute approximate surface area is 503 Å². The number of esters is 3. The van der Waals surface area contributed by atoms with Crippen LogP contribution in [0.5, 0.6) is 0 Å². The Balaban J connectivity index is 4.69. The van der Waals surface area contributed by atoms with Gasteiger partial charge in [0.25, 0.3) is 0 Å². The molecule has 0 saturated carbocycles. The van der Waals surface area contributed by atoms with Crippen LogP contribution in [0.15, 0.2) is 72.9 Å². The van der Waals surface area contributed by atoms with Gasteiger partial charge in [-0.2, -0.15) is 0 Å². The van der Waals surface area contributed by atoms with E-state index < -0.39 is 57.8 Å². The molecule has 12 heteroatoms. The summed E-state index contributed by atoms with van der Waals surface area (Å²) in [6.45, 7) is 4.56. The third kappa shape index (κ3) is 61.5. The van der Waals surface area contributed by atoms with Crippen LogP contribution in [-0.4, -0.2) is 66.5 Å². The molecule has 82 heavy (non-hydrogen) atoms. The lowest BCUT2D eigenvalue weighted by molar-refractivity contribution is -0.161. The van der Waals surface area contributed by atoms with Crippen molar-refractivity contribution in [1.82, 2.24) is 0 Å². The van der Waals surface area contributed by atoms with Crippen LogP contribution in [0.4, 0.5) is 0 Å². The molecule has 0 saturated heterocycles. The standard InChI is InChI=1S/C70H125O11P/c1-4-7-10-13-16-19-22-25-28-31-33-36-39-42-45-48-51-54-57-60-69(73)80-66(62-71)64-78-82(75,76)79-65-67(63-77-68(72)59-56-53-50-47-44-41-38-35-30-27-24-21-18-15-12-9-6-3)81-70(74)61-58-55-52-49-46-43-40-37-34-32-29-26-23-20-17-14-11-8-5-2/h8,11,17,20,25-30,34,37,66-67,71H,4-7,9-10,12-16,18-19,21-24,31-33,35-36,38-65H2,1-3H3,(H,75,76)/b11-8-,20-17-,28-25-,29-26-,30-27-,37-34-. The Bertz CT molecular complexity index is 1650. The second kappa shape index (κ2) is 63.9. The maximum atomic E-state index is 13.0. The molecule has 0 bridgehead atoms. The van der Waals surface area contributed by atoms with E-state index in [1.807, 2.05) is 0 Å². The lowest BCUT2D eigenvalue weighted by Gasteiger charge is -2.21. The summed E-state index contributed by atoms with van der Waals surface area (Å²) in [6.07, 6.45) is 74.2. The van der Waals surface area contributed by atoms with Gasteiger partial charge >= 0.3 is 25.7 Å². The van der Waals surface area contributed by atoms with Crippen LogP contribution in [0.25, 0.3) is 0 Å². The molecule has 0 fully saturated rings. The van der Waals surface area contributed by atoms with Crippen molar-refractivity contribution in [2.45, 2.75) is 328 Å². The first-order valence-electron chi connectivity index (χ1n) is 33.8. The van der Waals surface area contributed by atoms with Gasteiger partial charge in [0.1, 0.15) is 12.7 Å². The molecule has 0 spiro atoms. The van der Waals surface area contributed by atoms with Crippen LogP contribution in [0.3, 0.4) is 0 Å². The lowest BCUT2D eigenvalue weighted by Crippen LogP contribution is -2.30. The van der Waals surface area contributed by atoms with Crippen LogP contribution >= 0.6 is 7.82 Å². The molecule has 0 aromatic heterocycles. The Morgan fingerprint density at radius 1 is 0.354 bits per heavy atom. The molecule has 0 aliphatic rings. The number of unbranched alkanes of at least 4 members (excludes halogenated alkanes) is 34. The zero-order chi connectivity index (χ0) is 59.8. The van der Waals surface area contributed by atoms with Gasteiger partial charge in [-0.3, -0.25) is 23.4 Å². The van der Waals surface area contributed by atoms with Crippen LogP contribution in [0.1, 0.15) is 316 Å². The molecule has 0 rings (SSSR count). The van der Waals surface area contributed by atoms with E-state index in [2.05, 4.69) is 93.7 Å². The average molecular weight is 1170 g/mol. The summed E-state index contributed by atoms with van der Waals surface area (Å²) >= 11 is 0. The fourth-order valence-corrected chi connectivity index (χ4v) is 10.2. The Morgan fingerprint density at radius 2 is 0.634 bits per heavy atom. The van der Waals surface area contributed by atoms with Crippen molar-refractivity contribution in [2.24, 2.45) is 0 Å². The highest BCUT2D eigenvalue weighted by atomic mass is 31.2. The summed E-state index contributed by atoms with van der Waals surface area (Å²) in [6, 6.07) is 0. The van der Waals surface area contributed by atoms with Crippen molar-refractivity contribution in [3.05, 3.63) is 72.9 Å². The van der Waals surface area contributed by atoms with Crippen LogP contribution in [0, 0.1) is 0 Å². The summed E-state index contributed by atoms with van der Waals surface area (Å²) in [4.78, 5) is 48.9. The van der Waals surface area contributed by atoms with Gasteiger partial charge in [-0.05, 0) is 109 Å². The van der Waals surface area contributed by atoms with E-state index in [4.69, 9.17) is 23.3 Å². The Hall–Kier alpha value is -3.08. The minimum absolute atomic E-state index is 0.150. The zero-order valence-electron chi connectivity index (χ0n) is 53.0. The molecule has 0 aromatic carbocycles. The van der Waals surface area contributed by atoms with Crippen LogP contribution in [-0.2, 0) is 42.2 Å². The summed E-state index contributed by atoms with van der Waals surface area (Å²) < 4.78 is 39.8. The van der Waals surface area contributed by atoms with E-state index in [-0.39, 0.29) is 25.9 Å². The van der Waals surface area contributed by atoms with Gasteiger partial charge < -0.3 is 24.2 Å². The minimum atomic E-state index is -4.76. The highest BCUT2D eigenvalue weighted by Crippen LogP contribution is 2.43. The summed E-state index contributed by atoms with van der Waals surface area (Å²) in [5.41, 5.74) is 0. The number of carbonyl (C=O) groups excluding carboxylic acids is 3. The second-order valence-corrected chi connectivity index (χ2v) is 24.1. The largest absolute Gasteiger partial charge is 0.472 e. The Morgan fingerprint density at radius 3 is 0.988 bits per heavy atom. The van der Waals surface area contributed by atoms with Gasteiger partial charge in [0.2, 0.25) is 0 Å². The molecule has 0 amide bonds. The quantitative estimate of drug-likeness (QED) is 0.0197. The van der Waals surface area contributed by atoms with E-state index in [1.165, 1.54) is 148 Å². The molecular weight excluding hydrogens is 1050 g/mol. The molecule has 3 unspecified atom stereocenters. The molecule has 11 nitrogen and oxygen atoms in total. The van der Waals surface area contributed by atoms with Gasteiger partial charge in [0, 0.05) is 19.3 Å². The minimum Gasteiger partial charge on any atom is -0.462 e. The first kappa shape index (κ1) is 78.9. The van der Waals surface area contributed by atoms with Gasteiger partial charge in [-0.15, -0.1) is 0 Å². The lowest BCUT2D eigenvalue weighted by atomic mass is 10.1. The van der Waals surface area contributed by atoms with E-state index in [1.54, 1.807) is 0 Å². The van der Waals surface area contributed by atoms with Gasteiger partial charge in [-0.1, -0.05) is 261 Å². The SMILES string of the molecule is CC/C=C\C/C=C\C/C=C\C/C=C\CCCCCCCCC(=O)OC(COC(=O)CCCCCCCCC/C=C\CCCCCCCC)COP(=O)(O)OCC(CO)OC(=O)CCCCCCCCCCC/C=C\CCCCCCCC. The number of aliphatic hydroxyl groups is 1. The molecular formula is C70H125O11P. The third-order valence-corrected chi connectivity index (χ3v) is 15.5. The van der Waals surface area contributed by atoms with Crippen molar-refractivity contribution >= 4 is 25.7 Å². The molecule has 476 valence electrons. The topological polar surface area (TPSA) is 155 Å². The molecule has 3 atom stereocenters. The molecule has 0 aliphatic carbocycles. The molecule has 0 heterocycles. The van der Waals surface area contributed by atoms with Gasteiger partial charge in [-0.25, -0.2) is 4.57 Å². The summed E-state index contributed by atoms with van der Waals surface area (Å²) in [5, 5.41) is 9.88. The first-order chi connectivity index (χ1) is 40.2. The van der Waals surface area contributed by atoms with Crippen LogP contribution < -0.4 is 0 Å². The van der Waals surface area contributed by atoms with E-state index >= 15 is 0 Å². The summed E-state index contributed by atoms with van der Waals surface area (Å²) in [7, 11) is -4.76. The monoisotopic (exact) mass is 1170 g/mol. The maximum absolute atomic E-state index is 13.0. The molecule has 2 N–H and O–H groups in total. The number of ether oxygens (including phenoxy) is 3. The first-order valence-corrected chi connectivity index (χ1v) is 35.3. The highest BCUT2D eigenvalue weighted by Gasteiger charge is 2.28. The third-order valence-electron chi connectivity index (χ3n) is 14.6. The molecule has 0 radical (unpaired) electrons. The predicted octanol–water partition coefficient (Wildman–Crippen LogP) is 20.8. The van der Waals surface area contributed by atoms with Gasteiger partial charge in [0.05, 0.1) is 19.8 Å². The normalized spacial score (nSPS) is 13.7. The van der Waals surface area contributed by atoms with E-state index in [0.717, 1.165) is 109 Å². The highest BCUT2D eigenvalue weighted by molar-refractivity contribution is 7.47. The zero-order valence-corrected chi connectivity index (χ0v) is 53.8. The number of hydrogen-bond acceptors (Lipinski definition) is 10. The Kier molecular flexibility index (Phi) is 61.5. The smallest absolute Gasteiger partial charge is 0.462 e. The van der Waals surface area contributed by atoms with Crippen molar-refractivity contribution < 1.29 is 52.2 Å². The number of allylic oxidation sites excluding steroid dienone is 12. The molecule has 0 aliphatic heterocycles. The average Bonchev–Trinajstić information content (AvgIpc) is 3.50. The number of aliphatic hydroxyl groups excluding tert-OH is 1. The number of carbonyl (C=O) groups is 3. The fourth-order valence-electron chi connectivity index (χ4n) is 9.46. The maximum Gasteiger partial charge on any atom is 0.472 e. The van der Waals surface area contributed by atoms with E-state index in [9.17, 15) is 28.9 Å². The predicted molar refractivity (Wildman–Crippen MR) is 344 cm³/mol. The number of phosphoric acid groups is 1. The second-order valence-electron chi connectivity index (χ2n) is 22.6. The van der Waals surface area contributed by atoms with Crippen molar-refractivity contribution in [1.29, 1.82) is 0 Å². The van der Waals surface area contributed by atoms with Crippen LogP contribution in [0.2, 0.25) is 0 Å². The van der Waals surface area contributed by atoms with Gasteiger partial charge in [0.15, 0.2) is 6.10 Å². The fraction of sp³-hybridized carbons (Fsp3) is 0.786. The number of phosphoric ester groups is 1. The van der Waals surface area contributed by atoms with Crippen molar-refractivity contribution in [3.8, 4) is 0 Å². The molecule has 0 aromatic rings. The number of hydrogen-bond donors (Lipinski definition) is 2. The van der Waals surface area contributed by atoms with Crippen molar-refractivity contribution in [2.75, 3.05) is 26.4 Å². The van der Waals surface area contributed by atoms with E-state index in [0.29, 0.717) is 19.3 Å². The van der Waals surface area contributed by atoms with Crippen molar-refractivity contribution in [3.63, 3.8) is 0 Å². The summed E-state index contributed by atoms with van der Waals surface area (Å²) in [5.74, 6) is -1.47. The number of rotatable bonds is 63.